The van der Waals surface area contributed by atoms with Gasteiger partial charge in [0.05, 0.1) is 23.2 Å². The lowest BCUT2D eigenvalue weighted by Gasteiger charge is -2.27. The lowest BCUT2D eigenvalue weighted by Crippen LogP contribution is -2.41. The monoisotopic (exact) mass is 540 g/mol. The van der Waals surface area contributed by atoms with E-state index in [1.807, 2.05) is 32.2 Å². The molecular weight excluding hydrogens is 504 g/mol. The molecule has 3 aromatic rings. The highest BCUT2D eigenvalue weighted by atomic mass is 32.2. The van der Waals surface area contributed by atoms with Crippen LogP contribution in [0.1, 0.15) is 51.8 Å². The highest BCUT2D eigenvalue weighted by Crippen LogP contribution is 2.33. The van der Waals surface area contributed by atoms with Gasteiger partial charge in [-0.15, -0.1) is 11.8 Å². The zero-order valence-corrected chi connectivity index (χ0v) is 23.9. The fraction of sp³-hybridized carbons (Fsp3) is 0.345. The molecular formula is C29H36N2O4S2. The Kier molecular flexibility index (Phi) is 9.31. The van der Waals surface area contributed by atoms with Crippen LogP contribution in [0, 0.1) is 0 Å². The summed E-state index contributed by atoms with van der Waals surface area (Å²) in [4.78, 5) is 14.3. The highest BCUT2D eigenvalue weighted by molar-refractivity contribution is 7.98. The minimum Gasteiger partial charge on any atom is -0.492 e. The first-order valence-corrected chi connectivity index (χ1v) is 14.9. The molecule has 1 N–H and O–H groups in total. The van der Waals surface area contributed by atoms with Gasteiger partial charge in [-0.2, -0.15) is 0 Å². The average Bonchev–Trinajstić information content (AvgIpc) is 2.87. The lowest BCUT2D eigenvalue weighted by atomic mass is 9.86. The van der Waals surface area contributed by atoms with Gasteiger partial charge in [0.25, 0.3) is 10.0 Å². The summed E-state index contributed by atoms with van der Waals surface area (Å²) in [5, 5.41) is 2.96. The SMILES string of the molecule is CCOc1ccccc1N(CC(=O)N[C@H](C)c1ccc(C(C)(C)C)cc1)S(=O)(=O)c1ccc(SC)cc1. The molecule has 0 fully saturated rings. The summed E-state index contributed by atoms with van der Waals surface area (Å²) in [7, 11) is -4.05. The Morgan fingerprint density at radius 1 is 1.00 bits per heavy atom. The molecule has 0 heterocycles. The summed E-state index contributed by atoms with van der Waals surface area (Å²) in [5.74, 6) is -0.0177. The Morgan fingerprint density at radius 2 is 1.62 bits per heavy atom. The van der Waals surface area contributed by atoms with E-state index in [0.717, 1.165) is 14.8 Å². The van der Waals surface area contributed by atoms with Crippen molar-refractivity contribution < 1.29 is 17.9 Å². The van der Waals surface area contributed by atoms with Crippen molar-refractivity contribution in [1.82, 2.24) is 5.32 Å². The van der Waals surface area contributed by atoms with Crippen LogP contribution in [0.4, 0.5) is 5.69 Å². The van der Waals surface area contributed by atoms with Gasteiger partial charge in [-0.25, -0.2) is 8.42 Å². The van der Waals surface area contributed by atoms with Crippen LogP contribution in [0.5, 0.6) is 5.75 Å². The molecule has 0 aliphatic rings. The number of carbonyl (C=O) groups excluding carboxylic acids is 1. The van der Waals surface area contributed by atoms with Crippen molar-refractivity contribution in [3.05, 3.63) is 83.9 Å². The Balaban J connectivity index is 1.91. The van der Waals surface area contributed by atoms with Gasteiger partial charge in [0.15, 0.2) is 0 Å². The number of amides is 1. The van der Waals surface area contributed by atoms with Crippen molar-refractivity contribution >= 4 is 33.4 Å². The number of ether oxygens (including phenoxy) is 1. The molecule has 1 atom stereocenters. The van der Waals surface area contributed by atoms with Gasteiger partial charge in [0, 0.05) is 4.90 Å². The second kappa shape index (κ2) is 12.0. The lowest BCUT2D eigenvalue weighted by molar-refractivity contribution is -0.120. The van der Waals surface area contributed by atoms with Gasteiger partial charge in [0.2, 0.25) is 5.91 Å². The van der Waals surface area contributed by atoms with Crippen LogP contribution >= 0.6 is 11.8 Å². The molecule has 0 saturated carbocycles. The van der Waals surface area contributed by atoms with Crippen molar-refractivity contribution in [3.8, 4) is 5.75 Å². The van der Waals surface area contributed by atoms with Crippen LogP contribution in [0.15, 0.2) is 82.6 Å². The zero-order valence-electron chi connectivity index (χ0n) is 22.3. The van der Waals surface area contributed by atoms with Crippen LogP contribution < -0.4 is 14.4 Å². The predicted octanol–water partition coefficient (Wildman–Crippen LogP) is 6.18. The van der Waals surface area contributed by atoms with E-state index < -0.39 is 15.9 Å². The van der Waals surface area contributed by atoms with Crippen LogP contribution in [0.3, 0.4) is 0 Å². The van der Waals surface area contributed by atoms with E-state index in [4.69, 9.17) is 4.74 Å². The topological polar surface area (TPSA) is 75.7 Å². The summed E-state index contributed by atoms with van der Waals surface area (Å²) >= 11 is 1.53. The first-order valence-electron chi connectivity index (χ1n) is 12.3. The molecule has 6 nitrogen and oxygen atoms in total. The molecule has 198 valence electrons. The van der Waals surface area contributed by atoms with Crippen molar-refractivity contribution in [2.75, 3.05) is 23.7 Å². The van der Waals surface area contributed by atoms with Crippen molar-refractivity contribution in [2.24, 2.45) is 0 Å². The maximum absolute atomic E-state index is 13.8. The van der Waals surface area contributed by atoms with E-state index in [-0.39, 0.29) is 22.9 Å². The quantitative estimate of drug-likeness (QED) is 0.311. The summed E-state index contributed by atoms with van der Waals surface area (Å²) in [5.41, 5.74) is 2.49. The summed E-state index contributed by atoms with van der Waals surface area (Å²) in [6, 6.07) is 21.3. The molecule has 3 rings (SSSR count). The normalized spacial score (nSPS) is 12.6. The van der Waals surface area contributed by atoms with E-state index in [0.29, 0.717) is 18.0 Å². The number of para-hydroxylation sites is 2. The first kappa shape index (κ1) is 28.6. The van der Waals surface area contributed by atoms with Crippen LogP contribution in [0.25, 0.3) is 0 Å². The zero-order chi connectivity index (χ0) is 27.2. The molecule has 0 unspecified atom stereocenters. The third-order valence-corrected chi connectivity index (χ3v) is 8.54. The number of nitrogens with zero attached hydrogens (tertiary/aromatic N) is 1. The number of anilines is 1. The maximum Gasteiger partial charge on any atom is 0.264 e. The van der Waals surface area contributed by atoms with Crippen molar-refractivity contribution in [3.63, 3.8) is 0 Å². The van der Waals surface area contributed by atoms with Crippen LogP contribution in [-0.4, -0.2) is 33.7 Å². The standard InChI is InChI=1S/C29H36N2O4S2/c1-7-35-27-11-9-8-10-26(27)31(37(33,34)25-18-16-24(36-6)17-19-25)20-28(32)30-21(2)22-12-14-23(15-13-22)29(3,4)5/h8-19,21H,7,20H2,1-6H3,(H,30,32)/t21-/m1/s1. The Bertz CT molecular complexity index is 1300. The van der Waals surface area contributed by atoms with E-state index in [1.165, 1.54) is 17.3 Å². The molecule has 8 heteroatoms. The van der Waals surface area contributed by atoms with Gasteiger partial charge in [0.1, 0.15) is 12.3 Å². The fourth-order valence-corrected chi connectivity index (χ4v) is 5.73. The number of hydrogen-bond donors (Lipinski definition) is 1. The van der Waals surface area contributed by atoms with E-state index >= 15 is 0 Å². The molecule has 37 heavy (non-hydrogen) atoms. The first-order chi connectivity index (χ1) is 17.5. The molecule has 0 aromatic heterocycles. The fourth-order valence-electron chi connectivity index (χ4n) is 3.89. The van der Waals surface area contributed by atoms with Gasteiger partial charge >= 0.3 is 0 Å². The van der Waals surface area contributed by atoms with Crippen LogP contribution in [0.2, 0.25) is 0 Å². The Labute approximate surface area is 225 Å². The molecule has 0 radical (unpaired) electrons. The van der Waals surface area contributed by atoms with Crippen molar-refractivity contribution in [2.45, 2.75) is 55.9 Å². The number of rotatable bonds is 10. The van der Waals surface area contributed by atoms with E-state index in [9.17, 15) is 13.2 Å². The highest BCUT2D eigenvalue weighted by Gasteiger charge is 2.30. The third-order valence-electron chi connectivity index (χ3n) is 6.02. The van der Waals surface area contributed by atoms with Gasteiger partial charge < -0.3 is 10.1 Å². The Hall–Kier alpha value is -2.97. The molecule has 0 saturated heterocycles. The van der Waals surface area contributed by atoms with E-state index in [1.54, 1.807) is 48.5 Å². The maximum atomic E-state index is 13.8. The predicted molar refractivity (Wildman–Crippen MR) is 152 cm³/mol. The third kappa shape index (κ3) is 7.08. The number of thioether (sulfide) groups is 1. The van der Waals surface area contributed by atoms with Gasteiger partial charge in [-0.3, -0.25) is 9.10 Å². The summed E-state index contributed by atoms with van der Waals surface area (Å²) < 4.78 is 34.4. The summed E-state index contributed by atoms with van der Waals surface area (Å²) in [6.45, 7) is 10.1. The summed E-state index contributed by atoms with van der Waals surface area (Å²) in [6.07, 6.45) is 1.93. The number of benzene rings is 3. The van der Waals surface area contributed by atoms with Crippen LogP contribution in [-0.2, 0) is 20.2 Å². The van der Waals surface area contributed by atoms with E-state index in [2.05, 4.69) is 38.2 Å². The second-order valence-electron chi connectivity index (χ2n) is 9.75. The largest absolute Gasteiger partial charge is 0.492 e. The number of hydrogen-bond acceptors (Lipinski definition) is 5. The Morgan fingerprint density at radius 3 is 2.19 bits per heavy atom. The van der Waals surface area contributed by atoms with Gasteiger partial charge in [-0.05, 0) is 73.0 Å². The number of sulfonamides is 1. The second-order valence-corrected chi connectivity index (χ2v) is 12.5. The minimum atomic E-state index is -4.05. The van der Waals surface area contributed by atoms with Gasteiger partial charge in [-0.1, -0.05) is 57.2 Å². The molecule has 0 bridgehead atoms. The molecule has 3 aromatic carbocycles. The smallest absolute Gasteiger partial charge is 0.264 e. The minimum absolute atomic E-state index is 0.0296. The molecule has 0 spiro atoms. The molecule has 1 amide bonds. The molecule has 0 aliphatic carbocycles. The average molecular weight is 541 g/mol. The number of carbonyl (C=O) groups is 1. The van der Waals surface area contributed by atoms with Crippen molar-refractivity contribution in [1.29, 1.82) is 0 Å². The number of nitrogens with one attached hydrogen (secondary N) is 1. The molecule has 0 aliphatic heterocycles.